The number of rotatable bonds is 4. The molecule has 4 heterocycles. The van der Waals surface area contributed by atoms with Gasteiger partial charge in [-0.05, 0) is 48.1 Å². The van der Waals surface area contributed by atoms with Gasteiger partial charge in [-0.3, -0.25) is 9.69 Å². The molecule has 0 aliphatic carbocycles. The molecule has 1 atom stereocenters. The predicted molar refractivity (Wildman–Crippen MR) is 121 cm³/mol. The Labute approximate surface area is 183 Å². The molecule has 0 bridgehead atoms. The van der Waals surface area contributed by atoms with E-state index in [0.29, 0.717) is 12.1 Å². The lowest BCUT2D eigenvalue weighted by Crippen LogP contribution is -2.34. The zero-order valence-electron chi connectivity index (χ0n) is 16.9. The Morgan fingerprint density at radius 3 is 2.77 bits per heavy atom. The van der Waals surface area contributed by atoms with Crippen LogP contribution in [0.15, 0.2) is 64.8 Å². The number of nitrogens with zero attached hydrogens (tertiary/aromatic N) is 3. The first-order valence-electron chi connectivity index (χ1n) is 10.5. The van der Waals surface area contributed by atoms with Crippen LogP contribution in [-0.2, 0) is 6.67 Å². The van der Waals surface area contributed by atoms with Crippen LogP contribution in [0.25, 0.3) is 21.3 Å². The van der Waals surface area contributed by atoms with Crippen molar-refractivity contribution in [3.05, 3.63) is 75.9 Å². The van der Waals surface area contributed by atoms with Gasteiger partial charge in [0.05, 0.1) is 16.9 Å². The molecular weight excluding hydrogens is 410 g/mol. The van der Waals surface area contributed by atoms with Crippen LogP contribution in [-0.4, -0.2) is 28.0 Å². The van der Waals surface area contributed by atoms with Crippen LogP contribution in [0.1, 0.15) is 24.4 Å². The standard InChI is InChI=1S/C24H21N3O3S/c28-24-18-6-2-1-5-17(18)23(22-8-4-12-31-22)25-27(24)14-26-11-3-7-19(26)16-9-10-20-21(13-16)30-15-29-20/h1-2,4-6,8-10,12-13,19H,3,7,11,14-15H2. The highest BCUT2D eigenvalue weighted by atomic mass is 32.1. The van der Waals surface area contributed by atoms with Gasteiger partial charge in [-0.1, -0.05) is 30.3 Å². The fourth-order valence-corrected chi connectivity index (χ4v) is 5.31. The summed E-state index contributed by atoms with van der Waals surface area (Å²) in [5, 5.41) is 8.47. The average molecular weight is 432 g/mol. The van der Waals surface area contributed by atoms with Crippen molar-refractivity contribution >= 4 is 22.1 Å². The van der Waals surface area contributed by atoms with Crippen molar-refractivity contribution in [1.82, 2.24) is 14.7 Å². The van der Waals surface area contributed by atoms with Gasteiger partial charge in [0.2, 0.25) is 6.79 Å². The van der Waals surface area contributed by atoms with E-state index in [1.807, 2.05) is 41.8 Å². The monoisotopic (exact) mass is 431 g/mol. The Hall–Kier alpha value is -3.16. The third-order valence-corrected chi connectivity index (χ3v) is 6.96. The third-order valence-electron chi connectivity index (χ3n) is 6.08. The molecule has 2 aromatic heterocycles. The van der Waals surface area contributed by atoms with Crippen LogP contribution in [0.4, 0.5) is 0 Å². The van der Waals surface area contributed by atoms with Gasteiger partial charge < -0.3 is 9.47 Å². The summed E-state index contributed by atoms with van der Waals surface area (Å²) in [6.07, 6.45) is 2.12. The maximum atomic E-state index is 13.3. The molecule has 7 heteroatoms. The summed E-state index contributed by atoms with van der Waals surface area (Å²) in [6, 6.07) is 18.2. The fraction of sp³-hybridized carbons (Fsp3) is 0.250. The summed E-state index contributed by atoms with van der Waals surface area (Å²) in [4.78, 5) is 16.7. The van der Waals surface area contributed by atoms with E-state index in [4.69, 9.17) is 14.6 Å². The van der Waals surface area contributed by atoms with E-state index in [1.165, 1.54) is 5.56 Å². The van der Waals surface area contributed by atoms with Crippen LogP contribution in [0.3, 0.4) is 0 Å². The summed E-state index contributed by atoms with van der Waals surface area (Å²) in [7, 11) is 0. The van der Waals surface area contributed by atoms with Crippen molar-refractivity contribution in [2.75, 3.05) is 13.3 Å². The highest BCUT2D eigenvalue weighted by Crippen LogP contribution is 2.39. The lowest BCUT2D eigenvalue weighted by Gasteiger charge is -2.25. The normalized spacial score (nSPS) is 18.1. The average Bonchev–Trinajstić information content (AvgIpc) is 3.57. The van der Waals surface area contributed by atoms with Crippen LogP contribution in [0, 0.1) is 0 Å². The molecule has 6 nitrogen and oxygen atoms in total. The molecule has 0 N–H and O–H groups in total. The highest BCUT2D eigenvalue weighted by Gasteiger charge is 2.28. The minimum absolute atomic E-state index is 0.0488. The number of hydrogen-bond acceptors (Lipinski definition) is 6. The van der Waals surface area contributed by atoms with E-state index in [9.17, 15) is 4.79 Å². The molecular formula is C24H21N3O3S. The molecule has 1 fully saturated rings. The van der Waals surface area contributed by atoms with Gasteiger partial charge in [0.15, 0.2) is 11.5 Å². The van der Waals surface area contributed by atoms with Crippen molar-refractivity contribution in [1.29, 1.82) is 0 Å². The first-order valence-corrected chi connectivity index (χ1v) is 11.3. The molecule has 2 aliphatic rings. The molecule has 4 aromatic rings. The van der Waals surface area contributed by atoms with Crippen LogP contribution in [0.2, 0.25) is 0 Å². The fourth-order valence-electron chi connectivity index (χ4n) is 4.59. The number of ether oxygens (including phenoxy) is 2. The zero-order valence-corrected chi connectivity index (χ0v) is 17.7. The van der Waals surface area contributed by atoms with Crippen molar-refractivity contribution < 1.29 is 9.47 Å². The van der Waals surface area contributed by atoms with Gasteiger partial charge in [-0.25, -0.2) is 4.68 Å². The second-order valence-corrected chi connectivity index (χ2v) is 8.85. The number of likely N-dealkylation sites (tertiary alicyclic amines) is 1. The summed E-state index contributed by atoms with van der Waals surface area (Å²) in [6.45, 7) is 1.66. The van der Waals surface area contributed by atoms with Crippen molar-refractivity contribution in [3.63, 3.8) is 0 Å². The van der Waals surface area contributed by atoms with E-state index in [-0.39, 0.29) is 18.4 Å². The molecule has 0 saturated carbocycles. The molecule has 6 rings (SSSR count). The van der Waals surface area contributed by atoms with Crippen LogP contribution >= 0.6 is 11.3 Å². The highest BCUT2D eigenvalue weighted by molar-refractivity contribution is 7.13. The summed E-state index contributed by atoms with van der Waals surface area (Å²) >= 11 is 1.64. The first-order chi connectivity index (χ1) is 15.3. The minimum Gasteiger partial charge on any atom is -0.454 e. The Morgan fingerprint density at radius 2 is 1.90 bits per heavy atom. The first kappa shape index (κ1) is 18.6. The van der Waals surface area contributed by atoms with Crippen molar-refractivity contribution in [2.45, 2.75) is 25.6 Å². The molecule has 0 amide bonds. The SMILES string of the molecule is O=c1c2ccccc2c(-c2cccs2)nn1CN1CCCC1c1ccc2c(c1)OCO2. The minimum atomic E-state index is -0.0488. The second-order valence-electron chi connectivity index (χ2n) is 7.90. The van der Waals surface area contributed by atoms with Gasteiger partial charge >= 0.3 is 0 Å². The van der Waals surface area contributed by atoms with Crippen LogP contribution < -0.4 is 15.0 Å². The molecule has 2 aliphatic heterocycles. The maximum absolute atomic E-state index is 13.3. The maximum Gasteiger partial charge on any atom is 0.275 e. The van der Waals surface area contributed by atoms with Crippen LogP contribution in [0.5, 0.6) is 11.5 Å². The van der Waals surface area contributed by atoms with E-state index < -0.39 is 0 Å². The van der Waals surface area contributed by atoms with Crippen molar-refractivity contribution in [2.24, 2.45) is 0 Å². The molecule has 156 valence electrons. The van der Waals surface area contributed by atoms with E-state index in [0.717, 1.165) is 46.8 Å². The number of thiophene rings is 1. The Morgan fingerprint density at radius 1 is 1.03 bits per heavy atom. The zero-order chi connectivity index (χ0) is 20.8. The lowest BCUT2D eigenvalue weighted by atomic mass is 10.0. The van der Waals surface area contributed by atoms with E-state index in [2.05, 4.69) is 23.1 Å². The number of benzene rings is 2. The van der Waals surface area contributed by atoms with Gasteiger partial charge in [0, 0.05) is 18.0 Å². The summed E-state index contributed by atoms with van der Waals surface area (Å²) in [5.41, 5.74) is 2.00. The van der Waals surface area contributed by atoms with Crippen molar-refractivity contribution in [3.8, 4) is 22.1 Å². The topological polar surface area (TPSA) is 56.6 Å². The van der Waals surface area contributed by atoms with E-state index in [1.54, 1.807) is 16.0 Å². The Bertz CT molecular complexity index is 1320. The summed E-state index contributed by atoms with van der Waals surface area (Å²) in [5.74, 6) is 1.59. The lowest BCUT2D eigenvalue weighted by molar-refractivity contribution is 0.173. The van der Waals surface area contributed by atoms with Gasteiger partial charge in [-0.15, -0.1) is 11.3 Å². The summed E-state index contributed by atoms with van der Waals surface area (Å²) < 4.78 is 12.7. The largest absolute Gasteiger partial charge is 0.454 e. The molecule has 1 saturated heterocycles. The number of fused-ring (bicyclic) bond motifs is 2. The van der Waals surface area contributed by atoms with Gasteiger partial charge in [-0.2, -0.15) is 5.10 Å². The molecule has 0 radical (unpaired) electrons. The third kappa shape index (κ3) is 3.21. The number of aromatic nitrogens is 2. The molecule has 31 heavy (non-hydrogen) atoms. The molecule has 0 spiro atoms. The quantitative estimate of drug-likeness (QED) is 0.471. The van der Waals surface area contributed by atoms with Gasteiger partial charge in [0.25, 0.3) is 5.56 Å². The molecule has 1 unspecified atom stereocenters. The Balaban J connectivity index is 1.39. The van der Waals surface area contributed by atoms with E-state index >= 15 is 0 Å². The smallest absolute Gasteiger partial charge is 0.275 e. The second kappa shape index (κ2) is 7.51. The predicted octanol–water partition coefficient (Wildman–Crippen LogP) is 4.65. The Kier molecular flexibility index (Phi) is 4.51. The molecule has 2 aromatic carbocycles. The van der Waals surface area contributed by atoms with Gasteiger partial charge in [0.1, 0.15) is 5.69 Å². The number of hydrogen-bond donors (Lipinski definition) is 0.